The second kappa shape index (κ2) is 4.53. The summed E-state index contributed by atoms with van der Waals surface area (Å²) < 4.78 is 0. The van der Waals surface area contributed by atoms with Gasteiger partial charge < -0.3 is 26.0 Å². The maximum Gasteiger partial charge on any atom is 0.326 e. The molecule has 1 aromatic rings. The van der Waals surface area contributed by atoms with E-state index in [1.54, 1.807) is 4.90 Å². The van der Waals surface area contributed by atoms with Crippen molar-refractivity contribution in [3.63, 3.8) is 0 Å². The summed E-state index contributed by atoms with van der Waals surface area (Å²) in [4.78, 5) is 13.2. The van der Waals surface area contributed by atoms with Gasteiger partial charge in [0.1, 0.15) is 6.04 Å². The number of aromatic hydroxyl groups is 2. The highest BCUT2D eigenvalue weighted by molar-refractivity contribution is 5.80. The zero-order valence-electron chi connectivity index (χ0n) is 10.8. The van der Waals surface area contributed by atoms with E-state index in [4.69, 9.17) is 5.73 Å². The minimum atomic E-state index is -0.913. The number of hydrogen-bond acceptors (Lipinski definition) is 6. The van der Waals surface area contributed by atoms with Crippen LogP contribution in [-0.4, -0.2) is 46.1 Å². The molecule has 0 bridgehead atoms. The van der Waals surface area contributed by atoms with Crippen LogP contribution in [0, 0.1) is 0 Å². The Morgan fingerprint density at radius 2 is 2.05 bits per heavy atom. The van der Waals surface area contributed by atoms with Crippen LogP contribution in [0.25, 0.3) is 0 Å². The molecule has 1 aromatic carbocycles. The number of carboxylic acids is 1. The molecule has 0 aromatic heterocycles. The molecule has 7 heteroatoms. The Balaban J connectivity index is 2.12. The SMILES string of the molecule is NC1Cc2cc(O)c(O)cc2N2C1NCC[C@H]2C(=O)O. The quantitative estimate of drug-likeness (QED) is 0.442. The predicted molar refractivity (Wildman–Crippen MR) is 71.8 cm³/mol. The average molecular weight is 279 g/mol. The first-order valence-corrected chi connectivity index (χ1v) is 6.54. The molecule has 3 rings (SSSR count). The van der Waals surface area contributed by atoms with Gasteiger partial charge in [-0.05, 0) is 31.0 Å². The third-order valence-corrected chi connectivity index (χ3v) is 4.01. The van der Waals surface area contributed by atoms with Crippen LogP contribution in [0.4, 0.5) is 5.69 Å². The molecular formula is C13H17N3O4. The summed E-state index contributed by atoms with van der Waals surface area (Å²) in [6.45, 7) is 0.589. The standard InChI is InChI=1S/C13H17N3O4/c14-7-3-6-4-10(17)11(18)5-9(6)16-8(13(19)20)1-2-15-12(7)16/h4-5,7-8,12,15,17-18H,1-3,14H2,(H,19,20)/t7?,8-,12?/m0/s1. The number of nitrogens with zero attached hydrogens (tertiary/aromatic N) is 1. The van der Waals surface area contributed by atoms with Crippen LogP contribution in [0.5, 0.6) is 11.5 Å². The zero-order chi connectivity index (χ0) is 14.4. The normalized spacial score (nSPS) is 28.6. The van der Waals surface area contributed by atoms with Crippen LogP contribution < -0.4 is 16.0 Å². The van der Waals surface area contributed by atoms with Crippen LogP contribution in [0.3, 0.4) is 0 Å². The fraction of sp³-hybridized carbons (Fsp3) is 0.462. The van der Waals surface area contributed by atoms with Gasteiger partial charge >= 0.3 is 5.97 Å². The highest BCUT2D eigenvalue weighted by atomic mass is 16.4. The molecule has 7 nitrogen and oxygen atoms in total. The van der Waals surface area contributed by atoms with Gasteiger partial charge in [0.15, 0.2) is 11.5 Å². The molecule has 2 unspecified atom stereocenters. The van der Waals surface area contributed by atoms with Gasteiger partial charge in [0.25, 0.3) is 0 Å². The lowest BCUT2D eigenvalue weighted by Gasteiger charge is -2.48. The average Bonchev–Trinajstić information content (AvgIpc) is 2.41. The predicted octanol–water partition coefficient (Wildman–Crippen LogP) is -0.440. The highest BCUT2D eigenvalue weighted by Crippen LogP contribution is 2.40. The Kier molecular flexibility index (Phi) is 2.95. The molecule has 0 aliphatic carbocycles. The summed E-state index contributed by atoms with van der Waals surface area (Å²) in [6, 6.07) is 1.91. The number of rotatable bonds is 1. The number of fused-ring (bicyclic) bond motifs is 3. The fourth-order valence-electron chi connectivity index (χ4n) is 3.10. The summed E-state index contributed by atoms with van der Waals surface area (Å²) in [7, 11) is 0. The molecule has 108 valence electrons. The van der Waals surface area contributed by atoms with E-state index in [9.17, 15) is 20.1 Å². The number of aliphatic carboxylic acids is 1. The van der Waals surface area contributed by atoms with Crippen LogP contribution in [0.15, 0.2) is 12.1 Å². The number of nitrogens with one attached hydrogen (secondary N) is 1. The first-order chi connectivity index (χ1) is 9.49. The maximum atomic E-state index is 11.5. The van der Waals surface area contributed by atoms with Crippen LogP contribution in [0.2, 0.25) is 0 Å². The molecule has 2 aliphatic heterocycles. The Hall–Kier alpha value is -1.99. The first-order valence-electron chi connectivity index (χ1n) is 6.54. The van der Waals surface area contributed by atoms with Crippen molar-refractivity contribution in [2.45, 2.75) is 31.1 Å². The summed E-state index contributed by atoms with van der Waals surface area (Å²) in [6.07, 6.45) is 0.699. The second-order valence-corrected chi connectivity index (χ2v) is 5.29. The van der Waals surface area contributed by atoms with Gasteiger partial charge in [0, 0.05) is 17.8 Å². The van der Waals surface area contributed by atoms with E-state index >= 15 is 0 Å². The van der Waals surface area contributed by atoms with Crippen molar-refractivity contribution in [1.29, 1.82) is 0 Å². The minimum absolute atomic E-state index is 0.216. The van der Waals surface area contributed by atoms with Crippen molar-refractivity contribution in [1.82, 2.24) is 5.32 Å². The maximum absolute atomic E-state index is 11.5. The molecule has 20 heavy (non-hydrogen) atoms. The van der Waals surface area contributed by atoms with Gasteiger partial charge in [-0.2, -0.15) is 0 Å². The fourth-order valence-corrected chi connectivity index (χ4v) is 3.10. The van der Waals surface area contributed by atoms with Crippen molar-refractivity contribution in [3.05, 3.63) is 17.7 Å². The molecular weight excluding hydrogens is 262 g/mol. The van der Waals surface area contributed by atoms with Crippen molar-refractivity contribution in [2.24, 2.45) is 5.73 Å². The molecule has 0 spiro atoms. The second-order valence-electron chi connectivity index (χ2n) is 5.29. The van der Waals surface area contributed by atoms with E-state index in [2.05, 4.69) is 5.32 Å². The van der Waals surface area contributed by atoms with Gasteiger partial charge in [-0.15, -0.1) is 0 Å². The van der Waals surface area contributed by atoms with Gasteiger partial charge in [-0.1, -0.05) is 0 Å². The summed E-state index contributed by atoms with van der Waals surface area (Å²) in [5, 5.41) is 31.9. The van der Waals surface area contributed by atoms with Gasteiger partial charge in [0.2, 0.25) is 0 Å². The number of carboxylic acid groups (broad SMARTS) is 1. The van der Waals surface area contributed by atoms with E-state index in [0.717, 1.165) is 5.56 Å². The number of phenolic OH excluding ortho intramolecular Hbond substituents is 2. The molecule has 2 aliphatic rings. The highest BCUT2D eigenvalue weighted by Gasteiger charge is 2.42. The topological polar surface area (TPSA) is 119 Å². The lowest BCUT2D eigenvalue weighted by molar-refractivity contribution is -0.139. The Morgan fingerprint density at radius 3 is 2.75 bits per heavy atom. The van der Waals surface area contributed by atoms with E-state index in [1.165, 1.54) is 12.1 Å². The third kappa shape index (κ3) is 1.86. The molecule has 0 radical (unpaired) electrons. The van der Waals surface area contributed by atoms with Crippen molar-refractivity contribution < 1.29 is 20.1 Å². The Morgan fingerprint density at radius 1 is 1.35 bits per heavy atom. The number of hydrogen-bond donors (Lipinski definition) is 5. The van der Waals surface area contributed by atoms with E-state index in [1.807, 2.05) is 0 Å². The number of phenols is 2. The number of anilines is 1. The third-order valence-electron chi connectivity index (χ3n) is 4.01. The van der Waals surface area contributed by atoms with Gasteiger partial charge in [0.05, 0.1) is 6.17 Å². The molecule has 3 atom stereocenters. The number of nitrogens with two attached hydrogens (primary N) is 1. The molecule has 1 fully saturated rings. The summed E-state index contributed by atoms with van der Waals surface area (Å²) >= 11 is 0. The lowest BCUT2D eigenvalue weighted by Crippen LogP contribution is -2.67. The Labute approximate surface area is 115 Å². The van der Waals surface area contributed by atoms with E-state index in [-0.39, 0.29) is 23.7 Å². The lowest BCUT2D eigenvalue weighted by atomic mass is 9.91. The van der Waals surface area contributed by atoms with E-state index in [0.29, 0.717) is 25.1 Å². The van der Waals surface area contributed by atoms with E-state index < -0.39 is 12.0 Å². The number of carbonyl (C=O) groups is 1. The van der Waals surface area contributed by atoms with Gasteiger partial charge in [-0.3, -0.25) is 5.32 Å². The number of benzene rings is 1. The Bertz CT molecular complexity index is 563. The van der Waals surface area contributed by atoms with Crippen molar-refractivity contribution >= 4 is 11.7 Å². The summed E-state index contributed by atoms with van der Waals surface area (Å²) in [5.74, 6) is -1.39. The van der Waals surface area contributed by atoms with Gasteiger partial charge in [-0.25, -0.2) is 4.79 Å². The smallest absolute Gasteiger partial charge is 0.326 e. The molecule has 1 saturated heterocycles. The molecule has 0 amide bonds. The van der Waals surface area contributed by atoms with Crippen molar-refractivity contribution in [2.75, 3.05) is 11.4 Å². The minimum Gasteiger partial charge on any atom is -0.504 e. The molecule has 6 N–H and O–H groups in total. The largest absolute Gasteiger partial charge is 0.504 e. The van der Waals surface area contributed by atoms with Crippen LogP contribution >= 0.6 is 0 Å². The monoisotopic (exact) mass is 279 g/mol. The first kappa shape index (κ1) is 13.0. The molecule has 2 heterocycles. The zero-order valence-corrected chi connectivity index (χ0v) is 10.8. The molecule has 0 saturated carbocycles. The van der Waals surface area contributed by atoms with Crippen molar-refractivity contribution in [3.8, 4) is 11.5 Å². The van der Waals surface area contributed by atoms with Crippen LogP contribution in [-0.2, 0) is 11.2 Å². The van der Waals surface area contributed by atoms with Crippen LogP contribution in [0.1, 0.15) is 12.0 Å². The summed E-state index contributed by atoms with van der Waals surface area (Å²) in [5.41, 5.74) is 7.48.